The van der Waals surface area contributed by atoms with Crippen molar-refractivity contribution in [1.29, 1.82) is 0 Å². The van der Waals surface area contributed by atoms with Crippen molar-refractivity contribution in [2.45, 2.75) is 6.42 Å². The first-order valence-electron chi connectivity index (χ1n) is 6.35. The van der Waals surface area contributed by atoms with Gasteiger partial charge in [-0.3, -0.25) is 14.8 Å². The number of carbonyl (C=O) groups is 1. The molecule has 0 fully saturated rings. The zero-order valence-corrected chi connectivity index (χ0v) is 11.0. The maximum absolute atomic E-state index is 13.8. The molecule has 0 aliphatic carbocycles. The second kappa shape index (κ2) is 5.28. The minimum Gasteiger partial charge on any atom is -0.481 e. The number of carboxylic acids is 1. The average molecular weight is 282 g/mol. The van der Waals surface area contributed by atoms with Crippen LogP contribution in [0.5, 0.6) is 0 Å². The maximum atomic E-state index is 13.8. The second-order valence-corrected chi connectivity index (χ2v) is 4.62. The molecule has 104 valence electrons. The molecule has 21 heavy (non-hydrogen) atoms. The van der Waals surface area contributed by atoms with E-state index in [2.05, 4.69) is 9.97 Å². The van der Waals surface area contributed by atoms with Crippen LogP contribution in [0.1, 0.15) is 5.56 Å². The van der Waals surface area contributed by atoms with Crippen molar-refractivity contribution in [3.05, 3.63) is 60.2 Å². The van der Waals surface area contributed by atoms with E-state index in [0.29, 0.717) is 27.7 Å². The Hall–Kier alpha value is -2.82. The smallest absolute Gasteiger partial charge is 0.307 e. The largest absolute Gasteiger partial charge is 0.481 e. The number of aliphatic carboxylic acids is 1. The van der Waals surface area contributed by atoms with Crippen LogP contribution in [0.3, 0.4) is 0 Å². The van der Waals surface area contributed by atoms with Gasteiger partial charge in [0.2, 0.25) is 0 Å². The van der Waals surface area contributed by atoms with E-state index < -0.39 is 5.97 Å². The van der Waals surface area contributed by atoms with Crippen LogP contribution in [-0.4, -0.2) is 21.0 Å². The molecule has 3 aromatic rings. The number of rotatable bonds is 3. The van der Waals surface area contributed by atoms with Crippen LogP contribution >= 0.6 is 0 Å². The molecule has 0 bridgehead atoms. The molecule has 0 radical (unpaired) electrons. The molecule has 0 aliphatic rings. The number of aromatic nitrogens is 2. The summed E-state index contributed by atoms with van der Waals surface area (Å²) in [6.07, 6.45) is 3.04. The standard InChI is InChI=1S/C16H11FN2O2/c17-13-5-4-12(16-11(13)2-1-7-18-16)14-6-3-10(9-19-14)8-15(20)21/h1-7,9H,8H2,(H,20,21). The van der Waals surface area contributed by atoms with Gasteiger partial charge in [-0.25, -0.2) is 4.39 Å². The van der Waals surface area contributed by atoms with Gasteiger partial charge in [0.15, 0.2) is 0 Å². The first kappa shape index (κ1) is 13.2. The molecule has 0 unspecified atom stereocenters. The molecule has 2 heterocycles. The average Bonchev–Trinajstić information content (AvgIpc) is 2.48. The van der Waals surface area contributed by atoms with Crippen molar-refractivity contribution in [2.75, 3.05) is 0 Å². The summed E-state index contributed by atoms with van der Waals surface area (Å²) in [6.45, 7) is 0. The molecule has 1 aromatic carbocycles. The van der Waals surface area contributed by atoms with Crippen LogP contribution in [0.4, 0.5) is 4.39 Å². The molecule has 2 aromatic heterocycles. The number of nitrogens with zero attached hydrogens (tertiary/aromatic N) is 2. The maximum Gasteiger partial charge on any atom is 0.307 e. The number of carboxylic acid groups (broad SMARTS) is 1. The van der Waals surface area contributed by atoms with Gasteiger partial charge in [-0.15, -0.1) is 0 Å². The van der Waals surface area contributed by atoms with Crippen LogP contribution in [0.15, 0.2) is 48.8 Å². The fraction of sp³-hybridized carbons (Fsp3) is 0.0625. The SMILES string of the molecule is O=C(O)Cc1ccc(-c2ccc(F)c3cccnc23)nc1. The summed E-state index contributed by atoms with van der Waals surface area (Å²) in [4.78, 5) is 19.1. The quantitative estimate of drug-likeness (QED) is 0.802. The zero-order valence-electron chi connectivity index (χ0n) is 11.0. The number of hydrogen-bond acceptors (Lipinski definition) is 3. The number of pyridine rings is 2. The number of benzene rings is 1. The summed E-state index contributed by atoms with van der Waals surface area (Å²) in [5, 5.41) is 9.18. The predicted molar refractivity (Wildman–Crippen MR) is 76.3 cm³/mol. The van der Waals surface area contributed by atoms with E-state index in [0.717, 1.165) is 0 Å². The van der Waals surface area contributed by atoms with Crippen LogP contribution < -0.4 is 0 Å². The third-order valence-electron chi connectivity index (χ3n) is 3.17. The molecule has 3 rings (SSSR count). The minimum absolute atomic E-state index is 0.0737. The molecule has 5 heteroatoms. The summed E-state index contributed by atoms with van der Waals surface area (Å²) in [6, 6.07) is 9.78. The minimum atomic E-state index is -0.904. The Balaban J connectivity index is 2.08. The molecule has 1 N–H and O–H groups in total. The summed E-state index contributed by atoms with van der Waals surface area (Å²) in [5.74, 6) is -1.23. The summed E-state index contributed by atoms with van der Waals surface area (Å²) < 4.78 is 13.8. The Morgan fingerprint density at radius 3 is 2.71 bits per heavy atom. The van der Waals surface area contributed by atoms with Crippen LogP contribution in [-0.2, 0) is 11.2 Å². The second-order valence-electron chi connectivity index (χ2n) is 4.62. The zero-order chi connectivity index (χ0) is 14.8. The normalized spacial score (nSPS) is 10.7. The lowest BCUT2D eigenvalue weighted by Gasteiger charge is -2.06. The van der Waals surface area contributed by atoms with Gasteiger partial charge < -0.3 is 5.11 Å². The van der Waals surface area contributed by atoms with E-state index in [1.807, 2.05) is 0 Å². The van der Waals surface area contributed by atoms with Crippen LogP contribution in [0, 0.1) is 5.82 Å². The number of fused-ring (bicyclic) bond motifs is 1. The fourth-order valence-electron chi connectivity index (χ4n) is 2.21. The van der Waals surface area contributed by atoms with E-state index in [9.17, 15) is 9.18 Å². The third kappa shape index (κ3) is 2.58. The number of halogens is 1. The van der Waals surface area contributed by atoms with Gasteiger partial charge in [-0.2, -0.15) is 0 Å². The highest BCUT2D eigenvalue weighted by atomic mass is 19.1. The van der Waals surface area contributed by atoms with Gasteiger partial charge in [0.1, 0.15) is 5.82 Å². The van der Waals surface area contributed by atoms with Gasteiger partial charge in [0.25, 0.3) is 0 Å². The lowest BCUT2D eigenvalue weighted by Crippen LogP contribution is -2.00. The molecule has 0 spiro atoms. The lowest BCUT2D eigenvalue weighted by atomic mass is 10.0. The van der Waals surface area contributed by atoms with E-state index in [1.54, 1.807) is 36.5 Å². The van der Waals surface area contributed by atoms with E-state index in [-0.39, 0.29) is 12.2 Å². The lowest BCUT2D eigenvalue weighted by molar-refractivity contribution is -0.136. The van der Waals surface area contributed by atoms with E-state index in [4.69, 9.17) is 5.11 Å². The van der Waals surface area contributed by atoms with Crippen molar-refractivity contribution in [3.8, 4) is 11.3 Å². The topological polar surface area (TPSA) is 63.1 Å². The Kier molecular flexibility index (Phi) is 3.31. The molecule has 4 nitrogen and oxygen atoms in total. The van der Waals surface area contributed by atoms with Gasteiger partial charge >= 0.3 is 5.97 Å². The van der Waals surface area contributed by atoms with Crippen molar-refractivity contribution in [3.63, 3.8) is 0 Å². The summed E-state index contributed by atoms with van der Waals surface area (Å²) in [7, 11) is 0. The van der Waals surface area contributed by atoms with Gasteiger partial charge in [-0.05, 0) is 35.9 Å². The monoisotopic (exact) mass is 282 g/mol. The molecule has 0 amide bonds. The molecule has 0 saturated carbocycles. The molecular formula is C16H11FN2O2. The molecule has 0 saturated heterocycles. The highest BCUT2D eigenvalue weighted by Crippen LogP contribution is 2.27. The van der Waals surface area contributed by atoms with Crippen molar-refractivity contribution < 1.29 is 14.3 Å². The predicted octanol–water partition coefficient (Wildman–Crippen LogP) is 3.06. The van der Waals surface area contributed by atoms with Crippen molar-refractivity contribution in [1.82, 2.24) is 9.97 Å². The molecule has 0 aliphatic heterocycles. The van der Waals surface area contributed by atoms with Gasteiger partial charge in [0.05, 0.1) is 17.6 Å². The first-order chi connectivity index (χ1) is 10.1. The van der Waals surface area contributed by atoms with Crippen LogP contribution in [0.2, 0.25) is 0 Å². The van der Waals surface area contributed by atoms with Crippen LogP contribution in [0.25, 0.3) is 22.2 Å². The van der Waals surface area contributed by atoms with Gasteiger partial charge in [0, 0.05) is 23.3 Å². The van der Waals surface area contributed by atoms with E-state index >= 15 is 0 Å². The summed E-state index contributed by atoms with van der Waals surface area (Å²) >= 11 is 0. The Morgan fingerprint density at radius 2 is 2.00 bits per heavy atom. The van der Waals surface area contributed by atoms with E-state index in [1.165, 1.54) is 12.3 Å². The van der Waals surface area contributed by atoms with Gasteiger partial charge in [-0.1, -0.05) is 6.07 Å². The Morgan fingerprint density at radius 1 is 1.14 bits per heavy atom. The highest BCUT2D eigenvalue weighted by Gasteiger charge is 2.10. The Labute approximate surface area is 119 Å². The summed E-state index contributed by atoms with van der Waals surface area (Å²) in [5.41, 5.74) is 2.50. The first-order valence-corrected chi connectivity index (χ1v) is 6.35. The fourth-order valence-corrected chi connectivity index (χ4v) is 2.21. The van der Waals surface area contributed by atoms with Crippen molar-refractivity contribution >= 4 is 16.9 Å². The Bertz CT molecular complexity index is 816. The molecule has 0 atom stereocenters. The number of hydrogen-bond donors (Lipinski definition) is 1. The third-order valence-corrected chi connectivity index (χ3v) is 3.17. The molecular weight excluding hydrogens is 271 g/mol. The van der Waals surface area contributed by atoms with Crippen molar-refractivity contribution in [2.24, 2.45) is 0 Å². The highest BCUT2D eigenvalue weighted by molar-refractivity contribution is 5.92.